The van der Waals surface area contributed by atoms with Crippen molar-refractivity contribution in [1.29, 1.82) is 0 Å². The van der Waals surface area contributed by atoms with Crippen LogP contribution in [0.5, 0.6) is 0 Å². The molecule has 216 valence electrons. The molecule has 1 aliphatic carbocycles. The second kappa shape index (κ2) is 10.2. The van der Waals surface area contributed by atoms with E-state index < -0.39 is 27.9 Å². The van der Waals surface area contributed by atoms with Crippen LogP contribution >= 0.6 is 0 Å². The van der Waals surface area contributed by atoms with Crippen LogP contribution in [0.15, 0.2) is 36.8 Å². The molecule has 0 saturated heterocycles. The van der Waals surface area contributed by atoms with Crippen molar-refractivity contribution >= 4 is 38.8 Å². The van der Waals surface area contributed by atoms with Gasteiger partial charge in [0.1, 0.15) is 11.6 Å². The van der Waals surface area contributed by atoms with E-state index in [0.717, 1.165) is 58.8 Å². The number of carboxylic acid groups (broad SMARTS) is 1. The van der Waals surface area contributed by atoms with Crippen molar-refractivity contribution < 1.29 is 22.7 Å². The second-order valence-corrected chi connectivity index (χ2v) is 13.8. The first-order valence-corrected chi connectivity index (χ1v) is 15.5. The van der Waals surface area contributed by atoms with Crippen LogP contribution in [0.4, 0.5) is 21.6 Å². The lowest BCUT2D eigenvalue weighted by Crippen LogP contribution is -2.37. The summed E-state index contributed by atoms with van der Waals surface area (Å²) in [6, 6.07) is 2.49. The van der Waals surface area contributed by atoms with Gasteiger partial charge in [-0.15, -0.1) is 0 Å². The number of benzene rings is 1. The van der Waals surface area contributed by atoms with E-state index in [1.165, 1.54) is 22.8 Å². The molecule has 1 atom stereocenters. The molecule has 8 nitrogen and oxygen atoms in total. The van der Waals surface area contributed by atoms with Gasteiger partial charge in [0.05, 0.1) is 42.5 Å². The molecule has 2 aliphatic rings. The lowest BCUT2D eigenvalue weighted by atomic mass is 9.73. The zero-order valence-corrected chi connectivity index (χ0v) is 25.0. The van der Waals surface area contributed by atoms with Gasteiger partial charge in [0.2, 0.25) is 10.0 Å². The minimum atomic E-state index is -3.78. The van der Waals surface area contributed by atoms with Crippen molar-refractivity contribution in [2.45, 2.75) is 66.3 Å². The minimum absolute atomic E-state index is 0.160. The summed E-state index contributed by atoms with van der Waals surface area (Å²) in [5.74, 6) is -1.03. The number of aromatic nitrogens is 2. The number of anilines is 3. The Morgan fingerprint density at radius 3 is 2.51 bits per heavy atom. The first-order chi connectivity index (χ1) is 19.2. The molecule has 0 fully saturated rings. The fraction of sp³-hybridized carbons (Fsp3) is 0.387. The zero-order valence-electron chi connectivity index (χ0n) is 24.2. The Balaban J connectivity index is 1.78. The van der Waals surface area contributed by atoms with E-state index in [1.54, 1.807) is 12.3 Å². The Morgan fingerprint density at radius 1 is 1.17 bits per heavy atom. The number of carboxylic acids is 1. The Hall–Kier alpha value is -3.79. The molecule has 1 aliphatic heterocycles. The summed E-state index contributed by atoms with van der Waals surface area (Å²) in [4.78, 5) is 20.6. The Labute approximate surface area is 240 Å². The topological polar surface area (TPSA) is 112 Å². The lowest BCUT2D eigenvalue weighted by Gasteiger charge is -2.40. The molecular formula is C31H35FN4O4S. The van der Waals surface area contributed by atoms with Crippen LogP contribution in [0.2, 0.25) is 0 Å². The number of pyridine rings is 2. The maximum Gasteiger partial charge on any atom is 0.307 e. The molecule has 3 aromatic rings. The molecule has 41 heavy (non-hydrogen) atoms. The number of rotatable bonds is 6. The number of nitrogens with zero attached hydrogens (tertiary/aromatic N) is 3. The predicted octanol–water partition coefficient (Wildman–Crippen LogP) is 6.70. The molecule has 0 radical (unpaired) electrons. The van der Waals surface area contributed by atoms with Crippen molar-refractivity contribution in [2.75, 3.05) is 15.9 Å². The average Bonchev–Trinajstić information content (AvgIpc) is 2.87. The van der Waals surface area contributed by atoms with Crippen molar-refractivity contribution in [3.63, 3.8) is 0 Å². The SMILES string of the molecule is Cc1c(C2=CCC(C)(C)CC2)c(CC(=O)O)c(C)c2c1-c1cnc(Nc3cncc(F)c3)cc1[C@@H](C)N2S(C)(=O)=O. The van der Waals surface area contributed by atoms with E-state index in [0.29, 0.717) is 28.3 Å². The fourth-order valence-electron chi connectivity index (χ4n) is 6.26. The van der Waals surface area contributed by atoms with Gasteiger partial charge in [0, 0.05) is 23.4 Å². The molecule has 0 saturated carbocycles. The Bertz CT molecular complexity index is 1720. The summed E-state index contributed by atoms with van der Waals surface area (Å²) in [5, 5.41) is 13.0. The second-order valence-electron chi connectivity index (χ2n) is 11.9. The summed E-state index contributed by atoms with van der Waals surface area (Å²) in [5.41, 5.74) is 7.46. The summed E-state index contributed by atoms with van der Waals surface area (Å²) < 4.78 is 41.8. The molecule has 0 bridgehead atoms. The van der Waals surface area contributed by atoms with Gasteiger partial charge in [-0.05, 0) is 84.9 Å². The number of hydrogen-bond donors (Lipinski definition) is 2. The highest BCUT2D eigenvalue weighted by atomic mass is 32.2. The van der Waals surface area contributed by atoms with E-state index in [1.807, 2.05) is 20.8 Å². The summed E-state index contributed by atoms with van der Waals surface area (Å²) in [7, 11) is -3.78. The summed E-state index contributed by atoms with van der Waals surface area (Å²) >= 11 is 0. The van der Waals surface area contributed by atoms with Crippen LogP contribution in [0.1, 0.15) is 73.9 Å². The van der Waals surface area contributed by atoms with Crippen LogP contribution in [-0.4, -0.2) is 35.7 Å². The zero-order chi connectivity index (χ0) is 29.9. The highest BCUT2D eigenvalue weighted by Crippen LogP contribution is 2.53. The third-order valence-electron chi connectivity index (χ3n) is 8.28. The Kier molecular flexibility index (Phi) is 7.18. The van der Waals surface area contributed by atoms with Gasteiger partial charge in [-0.25, -0.2) is 17.8 Å². The van der Waals surface area contributed by atoms with Crippen LogP contribution in [0, 0.1) is 25.1 Å². The smallest absolute Gasteiger partial charge is 0.307 e. The summed E-state index contributed by atoms with van der Waals surface area (Å²) in [6.07, 6.45) is 10.1. The molecule has 2 N–H and O–H groups in total. The predicted molar refractivity (Wildman–Crippen MR) is 159 cm³/mol. The number of halogens is 1. The third-order valence-corrected chi connectivity index (χ3v) is 9.49. The molecule has 10 heteroatoms. The molecule has 0 spiro atoms. The normalized spacial score (nSPS) is 17.9. The number of allylic oxidation sites excluding steroid dienone is 2. The standard InChI is InChI=1S/C31H35FN4O4S/c1-17-23(13-27(37)38)28(20-7-9-31(4,5)10-8-20)18(2)29-25-16-34-26(35-22-11-21(32)14-33-15-22)12-24(25)19(3)36(30(17)29)41(6,39)40/h7,11-12,14-16,19H,8-10,13H2,1-6H3,(H,34,35)(H,37,38)/t19-/m1/s1. The van der Waals surface area contributed by atoms with E-state index in [4.69, 9.17) is 0 Å². The van der Waals surface area contributed by atoms with Gasteiger partial charge in [0.25, 0.3) is 0 Å². The Morgan fingerprint density at radius 2 is 1.90 bits per heavy atom. The van der Waals surface area contributed by atoms with Crippen LogP contribution in [-0.2, 0) is 21.2 Å². The first kappa shape index (κ1) is 28.7. The van der Waals surface area contributed by atoms with Crippen molar-refractivity contribution in [3.05, 3.63) is 70.4 Å². The molecular weight excluding hydrogens is 543 g/mol. The van der Waals surface area contributed by atoms with Crippen molar-refractivity contribution in [2.24, 2.45) is 5.41 Å². The number of fused-ring (bicyclic) bond motifs is 3. The number of nitrogens with one attached hydrogen (secondary N) is 1. The van der Waals surface area contributed by atoms with Gasteiger partial charge in [-0.3, -0.25) is 14.1 Å². The van der Waals surface area contributed by atoms with E-state index in [2.05, 4.69) is 35.2 Å². The molecule has 1 aromatic carbocycles. The van der Waals surface area contributed by atoms with Gasteiger partial charge in [0.15, 0.2) is 0 Å². The first-order valence-electron chi connectivity index (χ1n) is 13.6. The highest BCUT2D eigenvalue weighted by Gasteiger charge is 2.39. The number of hydrogen-bond acceptors (Lipinski definition) is 6. The summed E-state index contributed by atoms with van der Waals surface area (Å²) in [6.45, 7) is 10.0. The molecule has 2 aromatic heterocycles. The maximum absolute atomic E-state index is 13.7. The minimum Gasteiger partial charge on any atom is -0.481 e. The van der Waals surface area contributed by atoms with Gasteiger partial charge >= 0.3 is 5.97 Å². The molecule has 0 amide bonds. The van der Waals surface area contributed by atoms with Gasteiger partial charge < -0.3 is 10.4 Å². The maximum atomic E-state index is 13.7. The lowest BCUT2D eigenvalue weighted by molar-refractivity contribution is -0.136. The van der Waals surface area contributed by atoms with Crippen LogP contribution < -0.4 is 9.62 Å². The van der Waals surface area contributed by atoms with Crippen LogP contribution in [0.3, 0.4) is 0 Å². The number of aliphatic carboxylic acids is 1. The molecule has 3 heterocycles. The van der Waals surface area contributed by atoms with Crippen LogP contribution in [0.25, 0.3) is 16.7 Å². The van der Waals surface area contributed by atoms with Gasteiger partial charge in [-0.2, -0.15) is 0 Å². The van der Waals surface area contributed by atoms with Crippen molar-refractivity contribution in [3.8, 4) is 11.1 Å². The number of carbonyl (C=O) groups is 1. The quantitative estimate of drug-likeness (QED) is 0.335. The van der Waals surface area contributed by atoms with Crippen molar-refractivity contribution in [1.82, 2.24) is 9.97 Å². The molecule has 0 unspecified atom stereocenters. The van der Waals surface area contributed by atoms with E-state index >= 15 is 0 Å². The number of sulfonamides is 1. The van der Waals surface area contributed by atoms with Gasteiger partial charge in [-0.1, -0.05) is 19.9 Å². The van der Waals surface area contributed by atoms with E-state index in [9.17, 15) is 22.7 Å². The fourth-order valence-corrected chi connectivity index (χ4v) is 7.51. The highest BCUT2D eigenvalue weighted by molar-refractivity contribution is 7.92. The average molecular weight is 579 g/mol. The van der Waals surface area contributed by atoms with E-state index in [-0.39, 0.29) is 11.8 Å². The third kappa shape index (κ3) is 5.32. The monoisotopic (exact) mass is 578 g/mol. The molecule has 5 rings (SSSR count). The largest absolute Gasteiger partial charge is 0.481 e.